The molecule has 1 aromatic carbocycles. The molecule has 0 amide bonds. The minimum absolute atomic E-state index is 0.218. The molecule has 7 heteroatoms. The molecule has 2 rings (SSSR count). The number of hydrogen-bond acceptors (Lipinski definition) is 7. The number of benzene rings is 1. The van der Waals surface area contributed by atoms with E-state index in [1.165, 1.54) is 0 Å². The number of carbonyl (C=O) groups is 2. The van der Waals surface area contributed by atoms with Gasteiger partial charge in [0.15, 0.2) is 6.61 Å². The number of hydrogen-bond donors (Lipinski definition) is 0. The Hall–Kier alpha value is -3.53. The monoisotopic (exact) mass is 425 g/mol. The zero-order chi connectivity index (χ0) is 22.6. The van der Waals surface area contributed by atoms with Gasteiger partial charge >= 0.3 is 11.9 Å². The maximum atomic E-state index is 12.1. The van der Waals surface area contributed by atoms with Crippen molar-refractivity contribution in [2.24, 2.45) is 0 Å². The lowest BCUT2D eigenvalue weighted by atomic mass is 10.1. The number of carbonyl (C=O) groups excluding carboxylic acids is 2. The highest BCUT2D eigenvalue weighted by atomic mass is 16.6. The number of rotatable bonds is 9. The first-order valence-electron chi connectivity index (χ1n) is 10.3. The molecule has 0 saturated heterocycles. The molecule has 0 N–H and O–H groups in total. The van der Waals surface area contributed by atoms with Gasteiger partial charge < -0.3 is 18.9 Å². The first-order chi connectivity index (χ1) is 15.0. The topological polar surface area (TPSA) is 84.0 Å². The SMILES string of the molecule is CCOC(=O)COc1cc(OCC)ccc1C#Cc1cc(CC)nc(C(=O)OCC)c1. The smallest absolute Gasteiger partial charge is 0.356 e. The second-order valence-electron chi connectivity index (χ2n) is 6.24. The fraction of sp³-hybridized carbons (Fsp3) is 0.375. The summed E-state index contributed by atoms with van der Waals surface area (Å²) in [6.07, 6.45) is 0.652. The van der Waals surface area contributed by atoms with Gasteiger partial charge in [-0.15, -0.1) is 0 Å². The zero-order valence-electron chi connectivity index (χ0n) is 18.3. The molecule has 1 aromatic heterocycles. The van der Waals surface area contributed by atoms with Crippen molar-refractivity contribution in [3.05, 3.63) is 52.8 Å². The van der Waals surface area contributed by atoms with Gasteiger partial charge in [0, 0.05) is 17.3 Å². The summed E-state index contributed by atoms with van der Waals surface area (Å²) < 4.78 is 21.1. The van der Waals surface area contributed by atoms with Crippen LogP contribution in [0.1, 0.15) is 55.0 Å². The summed E-state index contributed by atoms with van der Waals surface area (Å²) in [6.45, 7) is 8.10. The van der Waals surface area contributed by atoms with E-state index in [1.54, 1.807) is 38.1 Å². The Labute approximate surface area is 182 Å². The minimum atomic E-state index is -0.486. The van der Waals surface area contributed by atoms with Crippen molar-refractivity contribution in [1.29, 1.82) is 0 Å². The number of pyridine rings is 1. The van der Waals surface area contributed by atoms with Crippen LogP contribution in [0.15, 0.2) is 30.3 Å². The Morgan fingerprint density at radius 3 is 2.35 bits per heavy atom. The first-order valence-corrected chi connectivity index (χ1v) is 10.3. The molecule has 0 saturated carbocycles. The van der Waals surface area contributed by atoms with Crippen LogP contribution in [0.4, 0.5) is 0 Å². The molecule has 1 heterocycles. The van der Waals surface area contributed by atoms with Gasteiger partial charge in [0.05, 0.1) is 25.4 Å². The second kappa shape index (κ2) is 12.2. The van der Waals surface area contributed by atoms with E-state index in [0.717, 1.165) is 5.69 Å². The van der Waals surface area contributed by atoms with Gasteiger partial charge in [-0.3, -0.25) is 0 Å². The summed E-state index contributed by atoms with van der Waals surface area (Å²) in [5.41, 5.74) is 2.15. The lowest BCUT2D eigenvalue weighted by Gasteiger charge is -2.10. The van der Waals surface area contributed by atoms with Crippen LogP contribution in [-0.4, -0.2) is 43.4 Å². The number of nitrogens with zero attached hydrogens (tertiary/aromatic N) is 1. The minimum Gasteiger partial charge on any atom is -0.494 e. The molecule has 31 heavy (non-hydrogen) atoms. The molecule has 0 atom stereocenters. The van der Waals surface area contributed by atoms with Gasteiger partial charge in [0.25, 0.3) is 0 Å². The summed E-state index contributed by atoms with van der Waals surface area (Å²) in [5, 5.41) is 0. The van der Waals surface area contributed by atoms with Crippen LogP contribution in [0, 0.1) is 11.8 Å². The molecule has 0 bridgehead atoms. The second-order valence-corrected chi connectivity index (χ2v) is 6.24. The van der Waals surface area contributed by atoms with E-state index in [-0.39, 0.29) is 25.5 Å². The molecule has 7 nitrogen and oxygen atoms in total. The third-order valence-corrected chi connectivity index (χ3v) is 3.98. The molecule has 0 fully saturated rings. The van der Waals surface area contributed by atoms with Crippen molar-refractivity contribution >= 4 is 11.9 Å². The number of aryl methyl sites for hydroxylation is 1. The molecular weight excluding hydrogens is 398 g/mol. The highest BCUT2D eigenvalue weighted by Crippen LogP contribution is 2.25. The normalized spacial score (nSPS) is 9.94. The van der Waals surface area contributed by atoms with Crippen molar-refractivity contribution < 1.29 is 28.5 Å². The van der Waals surface area contributed by atoms with E-state index < -0.39 is 11.9 Å². The molecule has 0 aliphatic carbocycles. The molecule has 0 radical (unpaired) electrons. The highest BCUT2D eigenvalue weighted by molar-refractivity contribution is 5.87. The predicted molar refractivity (Wildman–Crippen MR) is 115 cm³/mol. The summed E-state index contributed by atoms with van der Waals surface area (Å²) in [7, 11) is 0. The van der Waals surface area contributed by atoms with E-state index in [0.29, 0.717) is 35.7 Å². The van der Waals surface area contributed by atoms with Crippen LogP contribution < -0.4 is 9.47 Å². The molecule has 0 aliphatic rings. The fourth-order valence-corrected chi connectivity index (χ4v) is 2.61. The number of esters is 2. The standard InChI is InChI=1S/C24H27NO6/c1-5-19-13-17(14-21(25-19)24(27)30-8-4)9-10-18-11-12-20(28-6-2)15-22(18)31-16-23(26)29-7-3/h11-15H,5-8,16H2,1-4H3. The third-order valence-electron chi connectivity index (χ3n) is 3.98. The Bertz CT molecular complexity index is 974. The van der Waals surface area contributed by atoms with E-state index in [4.69, 9.17) is 18.9 Å². The van der Waals surface area contributed by atoms with E-state index in [9.17, 15) is 9.59 Å². The summed E-state index contributed by atoms with van der Waals surface area (Å²) in [6, 6.07) is 8.63. The summed E-state index contributed by atoms with van der Waals surface area (Å²) in [5.74, 6) is 6.14. The van der Waals surface area contributed by atoms with E-state index >= 15 is 0 Å². The Morgan fingerprint density at radius 2 is 1.68 bits per heavy atom. The van der Waals surface area contributed by atoms with Crippen LogP contribution >= 0.6 is 0 Å². The van der Waals surface area contributed by atoms with Gasteiger partial charge in [-0.25, -0.2) is 14.6 Å². The average Bonchev–Trinajstić information content (AvgIpc) is 2.77. The van der Waals surface area contributed by atoms with E-state index in [2.05, 4.69) is 16.8 Å². The molecule has 2 aromatic rings. The largest absolute Gasteiger partial charge is 0.494 e. The quantitative estimate of drug-likeness (QED) is 0.449. The molecular formula is C24H27NO6. The van der Waals surface area contributed by atoms with Gasteiger partial charge in [-0.1, -0.05) is 18.8 Å². The summed E-state index contributed by atoms with van der Waals surface area (Å²) in [4.78, 5) is 28.1. The molecule has 164 valence electrons. The van der Waals surface area contributed by atoms with E-state index in [1.807, 2.05) is 19.9 Å². The van der Waals surface area contributed by atoms with Gasteiger partial charge in [0.2, 0.25) is 0 Å². The van der Waals surface area contributed by atoms with Crippen molar-refractivity contribution in [2.75, 3.05) is 26.4 Å². The first kappa shape index (κ1) is 23.7. The van der Waals surface area contributed by atoms with Crippen LogP contribution in [-0.2, 0) is 20.7 Å². The lowest BCUT2D eigenvalue weighted by Crippen LogP contribution is -2.15. The number of ether oxygens (including phenoxy) is 4. The number of aromatic nitrogens is 1. The lowest BCUT2D eigenvalue weighted by molar-refractivity contribution is -0.145. The van der Waals surface area contributed by atoms with Gasteiger partial charge in [-0.05, 0) is 51.5 Å². The van der Waals surface area contributed by atoms with Crippen molar-refractivity contribution in [3.8, 4) is 23.3 Å². The van der Waals surface area contributed by atoms with Crippen LogP contribution in [0.3, 0.4) is 0 Å². The Kier molecular flexibility index (Phi) is 9.37. The summed E-state index contributed by atoms with van der Waals surface area (Å²) >= 11 is 0. The zero-order valence-corrected chi connectivity index (χ0v) is 18.3. The Balaban J connectivity index is 2.36. The van der Waals surface area contributed by atoms with Gasteiger partial charge in [-0.2, -0.15) is 0 Å². The average molecular weight is 425 g/mol. The maximum absolute atomic E-state index is 12.1. The molecule has 0 unspecified atom stereocenters. The fourth-order valence-electron chi connectivity index (χ4n) is 2.61. The predicted octanol–water partition coefficient (Wildman–Crippen LogP) is 3.56. The third kappa shape index (κ3) is 7.34. The van der Waals surface area contributed by atoms with Crippen LogP contribution in [0.25, 0.3) is 0 Å². The maximum Gasteiger partial charge on any atom is 0.356 e. The van der Waals surface area contributed by atoms with Crippen molar-refractivity contribution in [2.45, 2.75) is 34.1 Å². The molecule has 0 spiro atoms. The molecule has 0 aliphatic heterocycles. The van der Waals surface area contributed by atoms with Crippen molar-refractivity contribution in [3.63, 3.8) is 0 Å². The van der Waals surface area contributed by atoms with Crippen LogP contribution in [0.5, 0.6) is 11.5 Å². The van der Waals surface area contributed by atoms with Crippen molar-refractivity contribution in [1.82, 2.24) is 4.98 Å². The highest BCUT2D eigenvalue weighted by Gasteiger charge is 2.11. The Morgan fingerprint density at radius 1 is 0.903 bits per heavy atom. The van der Waals surface area contributed by atoms with Crippen LogP contribution in [0.2, 0.25) is 0 Å². The van der Waals surface area contributed by atoms with Gasteiger partial charge in [0.1, 0.15) is 17.2 Å².